The molecule has 1 fully saturated rings. The van der Waals surface area contributed by atoms with Crippen molar-refractivity contribution in [3.63, 3.8) is 0 Å². The fraction of sp³-hybridized carbons (Fsp3) is 1.00. The van der Waals surface area contributed by atoms with Gasteiger partial charge in [0.15, 0.2) is 0 Å². The van der Waals surface area contributed by atoms with Crippen LogP contribution < -0.4 is 5.73 Å². The molecule has 0 aromatic rings. The molecule has 0 aromatic heterocycles. The average molecular weight is 240 g/mol. The highest BCUT2D eigenvalue weighted by atomic mass is 19.4. The predicted octanol–water partition coefficient (Wildman–Crippen LogP) is 0.970. The van der Waals surface area contributed by atoms with Gasteiger partial charge >= 0.3 is 6.18 Å². The van der Waals surface area contributed by atoms with E-state index in [1.165, 1.54) is 0 Å². The van der Waals surface area contributed by atoms with Crippen molar-refractivity contribution in [1.82, 2.24) is 4.90 Å². The van der Waals surface area contributed by atoms with Gasteiger partial charge in [-0.25, -0.2) is 0 Å². The third-order valence-corrected chi connectivity index (χ3v) is 3.10. The van der Waals surface area contributed by atoms with Crippen molar-refractivity contribution in [2.45, 2.75) is 31.5 Å². The van der Waals surface area contributed by atoms with E-state index in [1.807, 2.05) is 4.90 Å². The Bertz CT molecular complexity index is 203. The summed E-state index contributed by atoms with van der Waals surface area (Å²) in [7, 11) is 0. The van der Waals surface area contributed by atoms with Gasteiger partial charge in [0.2, 0.25) is 0 Å². The van der Waals surface area contributed by atoms with Crippen molar-refractivity contribution >= 4 is 0 Å². The van der Waals surface area contributed by atoms with Gasteiger partial charge in [0, 0.05) is 6.04 Å². The van der Waals surface area contributed by atoms with Crippen molar-refractivity contribution in [3.05, 3.63) is 0 Å². The van der Waals surface area contributed by atoms with Crippen molar-refractivity contribution < 1.29 is 18.3 Å². The van der Waals surface area contributed by atoms with E-state index in [-0.39, 0.29) is 25.5 Å². The minimum atomic E-state index is -4.05. The van der Waals surface area contributed by atoms with Crippen LogP contribution in [-0.2, 0) is 0 Å². The Labute approximate surface area is 93.4 Å². The van der Waals surface area contributed by atoms with Crippen LogP contribution in [0.1, 0.15) is 19.3 Å². The second kappa shape index (κ2) is 5.84. The van der Waals surface area contributed by atoms with Crippen molar-refractivity contribution in [2.75, 3.05) is 26.2 Å². The average Bonchev–Trinajstić information content (AvgIpc) is 2.25. The van der Waals surface area contributed by atoms with Gasteiger partial charge < -0.3 is 15.7 Å². The lowest BCUT2D eigenvalue weighted by Crippen LogP contribution is -2.41. The monoisotopic (exact) mass is 240 g/mol. The van der Waals surface area contributed by atoms with E-state index in [2.05, 4.69) is 0 Å². The third-order valence-electron chi connectivity index (χ3n) is 3.10. The third kappa shape index (κ3) is 4.27. The van der Waals surface area contributed by atoms with E-state index in [4.69, 9.17) is 10.8 Å². The highest BCUT2D eigenvalue weighted by Crippen LogP contribution is 2.33. The number of nitrogens with two attached hydrogens (primary N) is 1. The number of likely N-dealkylation sites (tertiary alicyclic amines) is 1. The van der Waals surface area contributed by atoms with Crippen LogP contribution in [0.4, 0.5) is 13.2 Å². The number of hydrogen-bond donors (Lipinski definition) is 2. The van der Waals surface area contributed by atoms with Gasteiger partial charge in [-0.1, -0.05) is 0 Å². The molecule has 6 heteroatoms. The Morgan fingerprint density at radius 3 is 2.31 bits per heavy atom. The summed E-state index contributed by atoms with van der Waals surface area (Å²) in [4.78, 5) is 1.98. The molecule has 96 valence electrons. The van der Waals surface area contributed by atoms with Crippen LogP contribution in [0, 0.1) is 5.92 Å². The molecule has 3 N–H and O–H groups in total. The smallest absolute Gasteiger partial charge is 0.391 e. The molecule has 1 aliphatic heterocycles. The Kier molecular flexibility index (Phi) is 5.01. The summed E-state index contributed by atoms with van der Waals surface area (Å²) in [6, 6.07) is -0.264. The van der Waals surface area contributed by atoms with Gasteiger partial charge in [0.1, 0.15) is 0 Å². The molecule has 0 aromatic carbocycles. The van der Waals surface area contributed by atoms with E-state index in [9.17, 15) is 13.2 Å². The second-order valence-electron chi connectivity index (χ2n) is 4.39. The molecule has 0 aliphatic carbocycles. The summed E-state index contributed by atoms with van der Waals surface area (Å²) in [5, 5.41) is 8.72. The summed E-state index contributed by atoms with van der Waals surface area (Å²) < 4.78 is 37.1. The maximum absolute atomic E-state index is 12.4. The van der Waals surface area contributed by atoms with Gasteiger partial charge in [0.25, 0.3) is 0 Å². The first-order valence-corrected chi connectivity index (χ1v) is 5.59. The Hall–Kier alpha value is -0.330. The molecular weight excluding hydrogens is 221 g/mol. The largest absolute Gasteiger partial charge is 0.395 e. The molecule has 0 amide bonds. The quantitative estimate of drug-likeness (QED) is 0.770. The molecule has 1 heterocycles. The molecular formula is C10H19F3N2O. The SMILES string of the molecule is NC(CO)CCN1CCC(C(F)(F)F)CC1. The maximum Gasteiger partial charge on any atom is 0.391 e. The number of aliphatic hydroxyl groups is 1. The van der Waals surface area contributed by atoms with Gasteiger partial charge in [0.05, 0.1) is 12.5 Å². The lowest BCUT2D eigenvalue weighted by molar-refractivity contribution is -0.185. The van der Waals surface area contributed by atoms with E-state index in [0.717, 1.165) is 0 Å². The topological polar surface area (TPSA) is 49.5 Å². The first-order chi connectivity index (χ1) is 7.43. The van der Waals surface area contributed by atoms with E-state index in [1.54, 1.807) is 0 Å². The number of rotatable bonds is 4. The fourth-order valence-electron chi connectivity index (χ4n) is 1.92. The molecule has 1 aliphatic rings. The standard InChI is InChI=1S/C10H19F3N2O/c11-10(12,13)8-1-4-15(5-2-8)6-3-9(14)7-16/h8-9,16H,1-7,14H2. The zero-order valence-electron chi connectivity index (χ0n) is 9.21. The lowest BCUT2D eigenvalue weighted by atomic mass is 9.96. The minimum absolute atomic E-state index is 0.0704. The van der Waals surface area contributed by atoms with Gasteiger partial charge in [-0.15, -0.1) is 0 Å². The van der Waals surface area contributed by atoms with Crippen LogP contribution in [-0.4, -0.2) is 48.5 Å². The number of nitrogens with zero attached hydrogens (tertiary/aromatic N) is 1. The van der Waals surface area contributed by atoms with Gasteiger partial charge in [-0.2, -0.15) is 13.2 Å². The number of hydrogen-bond acceptors (Lipinski definition) is 3. The molecule has 0 radical (unpaired) electrons. The zero-order valence-corrected chi connectivity index (χ0v) is 9.21. The van der Waals surface area contributed by atoms with Crippen molar-refractivity contribution in [1.29, 1.82) is 0 Å². The van der Waals surface area contributed by atoms with Crippen molar-refractivity contribution in [2.24, 2.45) is 11.7 Å². The van der Waals surface area contributed by atoms with Crippen LogP contribution in [0.25, 0.3) is 0 Å². The van der Waals surface area contributed by atoms with Gasteiger partial charge in [-0.3, -0.25) is 0 Å². The summed E-state index contributed by atoms with van der Waals surface area (Å²) in [6.45, 7) is 1.55. The first kappa shape index (κ1) is 13.7. The summed E-state index contributed by atoms with van der Waals surface area (Å²) in [5.74, 6) is -1.14. The van der Waals surface area contributed by atoms with Crippen LogP contribution >= 0.6 is 0 Å². The van der Waals surface area contributed by atoms with E-state index < -0.39 is 12.1 Å². The fourth-order valence-corrected chi connectivity index (χ4v) is 1.92. The summed E-state index contributed by atoms with van der Waals surface area (Å²) >= 11 is 0. The molecule has 1 saturated heterocycles. The normalized spacial score (nSPS) is 22.3. The Morgan fingerprint density at radius 1 is 1.31 bits per heavy atom. The highest BCUT2D eigenvalue weighted by molar-refractivity contribution is 4.77. The first-order valence-electron chi connectivity index (χ1n) is 5.59. The van der Waals surface area contributed by atoms with Crippen LogP contribution in [0.3, 0.4) is 0 Å². The molecule has 1 rings (SSSR count). The molecule has 3 nitrogen and oxygen atoms in total. The van der Waals surface area contributed by atoms with Crippen LogP contribution in [0.5, 0.6) is 0 Å². The zero-order chi connectivity index (χ0) is 12.2. The maximum atomic E-state index is 12.4. The molecule has 0 spiro atoms. The molecule has 16 heavy (non-hydrogen) atoms. The number of aliphatic hydroxyl groups excluding tert-OH is 1. The predicted molar refractivity (Wildman–Crippen MR) is 54.9 cm³/mol. The van der Waals surface area contributed by atoms with Gasteiger partial charge in [-0.05, 0) is 38.9 Å². The number of piperidine rings is 1. The summed E-state index contributed by atoms with van der Waals surface area (Å²) in [5.41, 5.74) is 5.53. The molecule has 1 unspecified atom stereocenters. The molecule has 1 atom stereocenters. The Balaban J connectivity index is 2.22. The molecule has 0 saturated carbocycles. The van der Waals surface area contributed by atoms with Crippen molar-refractivity contribution in [3.8, 4) is 0 Å². The minimum Gasteiger partial charge on any atom is -0.395 e. The second-order valence-corrected chi connectivity index (χ2v) is 4.39. The Morgan fingerprint density at radius 2 is 1.88 bits per heavy atom. The van der Waals surface area contributed by atoms with E-state index >= 15 is 0 Å². The van der Waals surface area contributed by atoms with Crippen LogP contribution in [0.15, 0.2) is 0 Å². The van der Waals surface area contributed by atoms with Crippen LogP contribution in [0.2, 0.25) is 0 Å². The lowest BCUT2D eigenvalue weighted by Gasteiger charge is -2.33. The number of halogens is 3. The van der Waals surface area contributed by atoms with E-state index in [0.29, 0.717) is 26.1 Å². The number of alkyl halides is 3. The highest BCUT2D eigenvalue weighted by Gasteiger charge is 2.40. The molecule has 0 bridgehead atoms. The summed E-state index contributed by atoms with van der Waals surface area (Å²) in [6.07, 6.45) is -3.06.